The summed E-state index contributed by atoms with van der Waals surface area (Å²) in [4.78, 5) is 0. The van der Waals surface area contributed by atoms with Crippen LogP contribution in [0.3, 0.4) is 0 Å². The largest absolute Gasteiger partial charge is 0.491 e. The van der Waals surface area contributed by atoms with Crippen LogP contribution in [0.5, 0.6) is 5.75 Å². The minimum Gasteiger partial charge on any atom is -0.491 e. The number of ether oxygens (including phenoxy) is 1. The first kappa shape index (κ1) is 11.5. The number of rotatable bonds is 3. The van der Waals surface area contributed by atoms with Crippen LogP contribution in [0.15, 0.2) is 18.2 Å². The summed E-state index contributed by atoms with van der Waals surface area (Å²) in [6.45, 7) is 4.17. The third-order valence-corrected chi connectivity index (χ3v) is 3.31. The van der Waals surface area contributed by atoms with Crippen LogP contribution >= 0.6 is 0 Å². The zero-order valence-electron chi connectivity index (χ0n) is 10.1. The quantitative estimate of drug-likeness (QED) is 0.847. The van der Waals surface area contributed by atoms with Crippen molar-refractivity contribution >= 4 is 0 Å². The van der Waals surface area contributed by atoms with Crippen molar-refractivity contribution in [2.24, 2.45) is 0 Å². The Labute approximate surface area is 97.3 Å². The van der Waals surface area contributed by atoms with Gasteiger partial charge in [-0.3, -0.25) is 0 Å². The molecule has 0 saturated heterocycles. The van der Waals surface area contributed by atoms with E-state index in [-0.39, 0.29) is 12.2 Å². The predicted molar refractivity (Wildman–Crippen MR) is 64.7 cm³/mol. The standard InChI is InChI=1S/C14H20O2/c1-3-10(2)16-12-8-7-11-5-4-6-14(15)13(11)9-12/h7-10,14-15H,3-6H2,1-2H3/t10?,14-/m0/s1. The van der Waals surface area contributed by atoms with E-state index in [4.69, 9.17) is 4.74 Å². The number of aliphatic hydroxyl groups is 1. The lowest BCUT2D eigenvalue weighted by atomic mass is 9.89. The first-order valence-corrected chi connectivity index (χ1v) is 6.18. The molecule has 0 heterocycles. The number of aliphatic hydroxyl groups excluding tert-OH is 1. The van der Waals surface area contributed by atoms with Crippen LogP contribution in [0.1, 0.15) is 50.3 Å². The van der Waals surface area contributed by atoms with Gasteiger partial charge in [0.15, 0.2) is 0 Å². The summed E-state index contributed by atoms with van der Waals surface area (Å²) in [6.07, 6.45) is 3.97. The summed E-state index contributed by atoms with van der Waals surface area (Å²) in [5, 5.41) is 9.92. The molecular weight excluding hydrogens is 200 g/mol. The summed E-state index contributed by atoms with van der Waals surface area (Å²) < 4.78 is 5.77. The second-order valence-electron chi connectivity index (χ2n) is 4.61. The highest BCUT2D eigenvalue weighted by atomic mass is 16.5. The van der Waals surface area contributed by atoms with Crippen LogP contribution in [0.25, 0.3) is 0 Å². The summed E-state index contributed by atoms with van der Waals surface area (Å²) in [5.74, 6) is 0.883. The van der Waals surface area contributed by atoms with E-state index in [2.05, 4.69) is 19.9 Å². The zero-order valence-corrected chi connectivity index (χ0v) is 10.1. The van der Waals surface area contributed by atoms with Gasteiger partial charge in [0.05, 0.1) is 12.2 Å². The number of fused-ring (bicyclic) bond motifs is 1. The van der Waals surface area contributed by atoms with Gasteiger partial charge in [-0.2, -0.15) is 0 Å². The summed E-state index contributed by atoms with van der Waals surface area (Å²) in [5.41, 5.74) is 2.34. The maximum atomic E-state index is 9.92. The van der Waals surface area contributed by atoms with Crippen LogP contribution < -0.4 is 4.74 Å². The Morgan fingerprint density at radius 2 is 2.31 bits per heavy atom. The average Bonchev–Trinajstić information content (AvgIpc) is 2.30. The predicted octanol–water partition coefficient (Wildman–Crippen LogP) is 3.23. The number of hydrogen-bond acceptors (Lipinski definition) is 2. The van der Waals surface area contributed by atoms with Gasteiger partial charge < -0.3 is 9.84 Å². The van der Waals surface area contributed by atoms with Gasteiger partial charge in [0.25, 0.3) is 0 Å². The molecule has 0 spiro atoms. The van der Waals surface area contributed by atoms with Crippen LogP contribution in [-0.4, -0.2) is 11.2 Å². The van der Waals surface area contributed by atoms with Crippen LogP contribution in [-0.2, 0) is 6.42 Å². The molecule has 1 unspecified atom stereocenters. The molecule has 88 valence electrons. The number of aryl methyl sites for hydroxylation is 1. The van der Waals surface area contributed by atoms with Crippen molar-refractivity contribution in [1.82, 2.24) is 0 Å². The molecule has 0 saturated carbocycles. The molecule has 1 aromatic carbocycles. The third-order valence-electron chi connectivity index (χ3n) is 3.31. The average molecular weight is 220 g/mol. The highest BCUT2D eigenvalue weighted by Crippen LogP contribution is 2.32. The Morgan fingerprint density at radius 1 is 1.50 bits per heavy atom. The van der Waals surface area contributed by atoms with Gasteiger partial charge >= 0.3 is 0 Å². The molecule has 2 heteroatoms. The Hall–Kier alpha value is -1.02. The Bertz CT molecular complexity index is 360. The van der Waals surface area contributed by atoms with Crippen molar-refractivity contribution in [1.29, 1.82) is 0 Å². The van der Waals surface area contributed by atoms with E-state index in [9.17, 15) is 5.11 Å². The van der Waals surface area contributed by atoms with Crippen LogP contribution in [0.4, 0.5) is 0 Å². The number of benzene rings is 1. The molecular formula is C14H20O2. The summed E-state index contributed by atoms with van der Waals surface area (Å²) in [6, 6.07) is 6.11. The molecule has 16 heavy (non-hydrogen) atoms. The van der Waals surface area contributed by atoms with E-state index >= 15 is 0 Å². The molecule has 0 fully saturated rings. The fraction of sp³-hybridized carbons (Fsp3) is 0.571. The van der Waals surface area contributed by atoms with Crippen LogP contribution in [0, 0.1) is 0 Å². The second-order valence-corrected chi connectivity index (χ2v) is 4.61. The van der Waals surface area contributed by atoms with E-state index in [1.807, 2.05) is 12.1 Å². The van der Waals surface area contributed by atoms with Crippen molar-refractivity contribution in [2.45, 2.75) is 51.7 Å². The molecule has 2 atom stereocenters. The van der Waals surface area contributed by atoms with Crippen LogP contribution in [0.2, 0.25) is 0 Å². The topological polar surface area (TPSA) is 29.5 Å². The summed E-state index contributed by atoms with van der Waals surface area (Å²) in [7, 11) is 0. The molecule has 0 aliphatic heterocycles. The normalized spacial score (nSPS) is 21.3. The maximum absolute atomic E-state index is 9.92. The maximum Gasteiger partial charge on any atom is 0.120 e. The first-order valence-electron chi connectivity index (χ1n) is 6.18. The second kappa shape index (κ2) is 4.88. The SMILES string of the molecule is CCC(C)Oc1ccc2c(c1)[C@@H](O)CCC2. The first-order chi connectivity index (χ1) is 7.70. The fourth-order valence-corrected chi connectivity index (χ4v) is 2.14. The van der Waals surface area contributed by atoms with Crippen molar-refractivity contribution in [2.75, 3.05) is 0 Å². The smallest absolute Gasteiger partial charge is 0.120 e. The van der Waals surface area contributed by atoms with Gasteiger partial charge in [-0.15, -0.1) is 0 Å². The molecule has 1 aromatic rings. The van der Waals surface area contributed by atoms with Crippen molar-refractivity contribution < 1.29 is 9.84 Å². The minimum atomic E-state index is -0.302. The van der Waals surface area contributed by atoms with Gasteiger partial charge in [-0.25, -0.2) is 0 Å². The van der Waals surface area contributed by atoms with Gasteiger partial charge in [-0.05, 0) is 55.9 Å². The highest BCUT2D eigenvalue weighted by molar-refractivity contribution is 5.38. The van der Waals surface area contributed by atoms with Crippen molar-refractivity contribution in [3.63, 3.8) is 0 Å². The minimum absolute atomic E-state index is 0.235. The summed E-state index contributed by atoms with van der Waals surface area (Å²) >= 11 is 0. The zero-order chi connectivity index (χ0) is 11.5. The molecule has 1 N–H and O–H groups in total. The lowest BCUT2D eigenvalue weighted by Gasteiger charge is -2.22. The van der Waals surface area contributed by atoms with Gasteiger partial charge in [0.1, 0.15) is 5.75 Å². The molecule has 1 aliphatic rings. The number of hydrogen-bond donors (Lipinski definition) is 1. The third kappa shape index (κ3) is 2.38. The molecule has 0 bridgehead atoms. The molecule has 0 aromatic heterocycles. The van der Waals surface area contributed by atoms with Crippen molar-refractivity contribution in [3.05, 3.63) is 29.3 Å². The van der Waals surface area contributed by atoms with E-state index < -0.39 is 0 Å². The molecule has 0 radical (unpaired) electrons. The van der Waals surface area contributed by atoms with E-state index in [0.29, 0.717) is 0 Å². The Balaban J connectivity index is 2.20. The van der Waals surface area contributed by atoms with E-state index in [1.54, 1.807) is 0 Å². The Morgan fingerprint density at radius 3 is 3.06 bits per heavy atom. The highest BCUT2D eigenvalue weighted by Gasteiger charge is 2.18. The monoisotopic (exact) mass is 220 g/mol. The lowest BCUT2D eigenvalue weighted by molar-refractivity contribution is 0.155. The molecule has 1 aliphatic carbocycles. The van der Waals surface area contributed by atoms with E-state index in [1.165, 1.54) is 5.56 Å². The van der Waals surface area contributed by atoms with Gasteiger partial charge in [0.2, 0.25) is 0 Å². The lowest BCUT2D eigenvalue weighted by Crippen LogP contribution is -2.12. The van der Waals surface area contributed by atoms with E-state index in [0.717, 1.165) is 37.0 Å². The molecule has 0 amide bonds. The van der Waals surface area contributed by atoms with Crippen molar-refractivity contribution in [3.8, 4) is 5.75 Å². The Kier molecular flexibility index (Phi) is 3.49. The fourth-order valence-electron chi connectivity index (χ4n) is 2.14. The molecule has 2 rings (SSSR count). The molecule has 2 nitrogen and oxygen atoms in total. The van der Waals surface area contributed by atoms with Gasteiger partial charge in [-0.1, -0.05) is 13.0 Å². The van der Waals surface area contributed by atoms with Gasteiger partial charge in [0, 0.05) is 0 Å².